The van der Waals surface area contributed by atoms with E-state index in [0.29, 0.717) is 18.0 Å². The number of carbonyl (C=O) groups excluding carboxylic acids is 2. The summed E-state index contributed by atoms with van der Waals surface area (Å²) in [5.74, 6) is -1.38. The summed E-state index contributed by atoms with van der Waals surface area (Å²) >= 11 is 0. The number of fused-ring (bicyclic) bond motifs is 1. The number of anilines is 3. The van der Waals surface area contributed by atoms with Gasteiger partial charge in [0.2, 0.25) is 11.8 Å². The fourth-order valence-corrected chi connectivity index (χ4v) is 5.31. The summed E-state index contributed by atoms with van der Waals surface area (Å²) in [6.45, 7) is 2.19. The van der Waals surface area contributed by atoms with Crippen LogP contribution >= 0.6 is 0 Å². The largest absolute Gasteiger partial charge is 0.492 e. The monoisotopic (exact) mass is 483 g/mol. The highest BCUT2D eigenvalue weighted by Crippen LogP contribution is 2.37. The maximum atomic E-state index is 13.6. The Hall–Kier alpha value is -3.92. The zero-order valence-corrected chi connectivity index (χ0v) is 19.0. The molecule has 3 aromatic rings. The molecule has 0 bridgehead atoms. The Morgan fingerprint density at radius 2 is 1.74 bits per heavy atom. The van der Waals surface area contributed by atoms with Crippen molar-refractivity contribution in [2.24, 2.45) is 0 Å². The summed E-state index contributed by atoms with van der Waals surface area (Å²) in [6, 6.07) is 16.1. The van der Waals surface area contributed by atoms with Gasteiger partial charge in [0.1, 0.15) is 17.6 Å². The number of carbonyl (C=O) groups is 2. The van der Waals surface area contributed by atoms with E-state index in [2.05, 4.69) is 10.6 Å². The van der Waals surface area contributed by atoms with Crippen molar-refractivity contribution in [2.75, 3.05) is 21.5 Å². The first-order valence-corrected chi connectivity index (χ1v) is 12.0. The Labute approximate surface area is 196 Å². The molecule has 0 unspecified atom stereocenters. The van der Waals surface area contributed by atoms with E-state index in [1.54, 1.807) is 49.4 Å². The summed E-state index contributed by atoms with van der Waals surface area (Å²) in [6.07, 6.45) is -0.457. The number of amides is 2. The van der Waals surface area contributed by atoms with Gasteiger partial charge < -0.3 is 15.4 Å². The molecule has 2 amide bonds. The molecule has 3 aromatic carbocycles. The van der Waals surface area contributed by atoms with Crippen LogP contribution in [0.4, 0.5) is 21.5 Å². The molecular weight excluding hydrogens is 461 g/mol. The quantitative estimate of drug-likeness (QED) is 0.532. The molecule has 4 rings (SSSR count). The second kappa shape index (κ2) is 9.52. The number of rotatable bonds is 7. The highest BCUT2D eigenvalue weighted by Gasteiger charge is 2.42. The molecule has 0 radical (unpaired) electrons. The summed E-state index contributed by atoms with van der Waals surface area (Å²) in [7, 11) is -4.31. The van der Waals surface area contributed by atoms with Crippen molar-refractivity contribution in [3.05, 3.63) is 78.6 Å². The normalized spacial score (nSPS) is 15.3. The molecule has 0 saturated heterocycles. The number of hydrogen-bond acceptors (Lipinski definition) is 5. The van der Waals surface area contributed by atoms with Gasteiger partial charge in [0.05, 0.1) is 35.0 Å². The first-order valence-electron chi connectivity index (χ1n) is 10.5. The van der Waals surface area contributed by atoms with E-state index in [1.807, 2.05) is 0 Å². The standard InChI is InChI=1S/C24H22FN3O5S/c1-2-33-22-10-6-4-8-19(22)26-23(29)15-21-24(30)27-18-7-3-5-9-20(18)28(21)34(31,32)17-13-11-16(25)12-14-17/h3-14,21H,2,15H2,1H3,(H,26,29)(H,27,30)/t21-/m0/s1. The number of benzene rings is 3. The van der Waals surface area contributed by atoms with Crippen LogP contribution in [-0.2, 0) is 19.6 Å². The minimum atomic E-state index is -4.31. The zero-order valence-electron chi connectivity index (χ0n) is 18.2. The van der Waals surface area contributed by atoms with Crippen LogP contribution < -0.4 is 19.7 Å². The van der Waals surface area contributed by atoms with Crippen molar-refractivity contribution in [3.8, 4) is 5.75 Å². The topological polar surface area (TPSA) is 105 Å². The predicted octanol–water partition coefficient (Wildman–Crippen LogP) is 3.77. The Morgan fingerprint density at radius 1 is 1.06 bits per heavy atom. The molecule has 0 aliphatic carbocycles. The van der Waals surface area contributed by atoms with Gasteiger partial charge in [-0.1, -0.05) is 24.3 Å². The lowest BCUT2D eigenvalue weighted by Crippen LogP contribution is -2.52. The third kappa shape index (κ3) is 4.58. The van der Waals surface area contributed by atoms with Crippen LogP contribution in [0.25, 0.3) is 0 Å². The molecule has 1 heterocycles. The number of sulfonamides is 1. The molecule has 34 heavy (non-hydrogen) atoms. The number of ether oxygens (including phenoxy) is 1. The van der Waals surface area contributed by atoms with E-state index in [9.17, 15) is 22.4 Å². The maximum Gasteiger partial charge on any atom is 0.265 e. The van der Waals surface area contributed by atoms with Crippen LogP contribution in [0, 0.1) is 5.82 Å². The molecule has 0 fully saturated rings. The SMILES string of the molecule is CCOc1ccccc1NC(=O)C[C@H]1C(=O)Nc2ccccc2N1S(=O)(=O)c1ccc(F)cc1. The molecule has 0 aromatic heterocycles. The van der Waals surface area contributed by atoms with Gasteiger partial charge in [-0.15, -0.1) is 0 Å². The van der Waals surface area contributed by atoms with Crippen molar-refractivity contribution in [1.82, 2.24) is 0 Å². The van der Waals surface area contributed by atoms with E-state index in [4.69, 9.17) is 4.74 Å². The summed E-state index contributed by atoms with van der Waals surface area (Å²) in [4.78, 5) is 25.7. The van der Waals surface area contributed by atoms with Crippen LogP contribution in [0.1, 0.15) is 13.3 Å². The zero-order chi connectivity index (χ0) is 24.3. The van der Waals surface area contributed by atoms with Gasteiger partial charge in [0.25, 0.3) is 10.0 Å². The van der Waals surface area contributed by atoms with E-state index in [-0.39, 0.29) is 16.3 Å². The highest BCUT2D eigenvalue weighted by molar-refractivity contribution is 7.93. The lowest BCUT2D eigenvalue weighted by atomic mass is 10.1. The minimum Gasteiger partial charge on any atom is -0.492 e. The van der Waals surface area contributed by atoms with Crippen molar-refractivity contribution in [2.45, 2.75) is 24.3 Å². The van der Waals surface area contributed by atoms with Gasteiger partial charge in [0.15, 0.2) is 0 Å². The third-order valence-electron chi connectivity index (χ3n) is 5.20. The third-order valence-corrected chi connectivity index (χ3v) is 7.03. The van der Waals surface area contributed by atoms with Gasteiger partial charge in [-0.2, -0.15) is 0 Å². The van der Waals surface area contributed by atoms with E-state index >= 15 is 0 Å². The molecule has 2 N–H and O–H groups in total. The first-order chi connectivity index (χ1) is 16.3. The van der Waals surface area contributed by atoms with Gasteiger partial charge in [0, 0.05) is 0 Å². The Morgan fingerprint density at radius 3 is 2.47 bits per heavy atom. The average Bonchev–Trinajstić information content (AvgIpc) is 2.81. The molecule has 1 aliphatic rings. The van der Waals surface area contributed by atoms with Crippen LogP contribution in [-0.4, -0.2) is 32.9 Å². The van der Waals surface area contributed by atoms with Crippen molar-refractivity contribution < 1.29 is 27.1 Å². The number of hydrogen-bond donors (Lipinski definition) is 2. The van der Waals surface area contributed by atoms with Gasteiger partial charge in [-0.25, -0.2) is 12.8 Å². The molecule has 0 spiro atoms. The fraction of sp³-hybridized carbons (Fsp3) is 0.167. The summed E-state index contributed by atoms with van der Waals surface area (Å²) in [5.41, 5.74) is 0.898. The molecule has 8 nitrogen and oxygen atoms in total. The maximum absolute atomic E-state index is 13.6. The molecule has 0 saturated carbocycles. The van der Waals surface area contributed by atoms with Crippen LogP contribution in [0.3, 0.4) is 0 Å². The summed E-state index contributed by atoms with van der Waals surface area (Å²) < 4.78 is 47.0. The second-order valence-corrected chi connectivity index (χ2v) is 9.27. The van der Waals surface area contributed by atoms with E-state index in [0.717, 1.165) is 28.6 Å². The molecule has 1 aliphatic heterocycles. The van der Waals surface area contributed by atoms with Crippen LogP contribution in [0.2, 0.25) is 0 Å². The van der Waals surface area contributed by atoms with E-state index in [1.165, 1.54) is 6.07 Å². The Bertz CT molecular complexity index is 1330. The van der Waals surface area contributed by atoms with Gasteiger partial charge in [-0.3, -0.25) is 13.9 Å². The van der Waals surface area contributed by atoms with Crippen molar-refractivity contribution >= 4 is 38.9 Å². The number of nitrogens with one attached hydrogen (secondary N) is 2. The summed E-state index contributed by atoms with van der Waals surface area (Å²) in [5, 5.41) is 5.36. The Balaban J connectivity index is 1.70. The first kappa shape index (κ1) is 23.2. The fourth-order valence-electron chi connectivity index (χ4n) is 3.68. The number of halogens is 1. The lowest BCUT2D eigenvalue weighted by molar-refractivity contribution is -0.122. The molecule has 176 valence electrons. The van der Waals surface area contributed by atoms with Crippen LogP contribution in [0.15, 0.2) is 77.7 Å². The van der Waals surface area contributed by atoms with Gasteiger partial charge >= 0.3 is 0 Å². The molecule has 10 heteroatoms. The number of para-hydroxylation sites is 4. The lowest BCUT2D eigenvalue weighted by Gasteiger charge is -2.36. The highest BCUT2D eigenvalue weighted by atomic mass is 32.2. The minimum absolute atomic E-state index is 0.203. The molecular formula is C24H22FN3O5S. The van der Waals surface area contributed by atoms with Crippen molar-refractivity contribution in [3.63, 3.8) is 0 Å². The van der Waals surface area contributed by atoms with Gasteiger partial charge in [-0.05, 0) is 55.5 Å². The molecule has 1 atom stereocenters. The second-order valence-electron chi connectivity index (χ2n) is 7.46. The Kier molecular flexibility index (Phi) is 6.51. The average molecular weight is 484 g/mol. The smallest absolute Gasteiger partial charge is 0.265 e. The predicted molar refractivity (Wildman–Crippen MR) is 126 cm³/mol. The van der Waals surface area contributed by atoms with E-state index < -0.39 is 40.1 Å². The number of nitrogens with zero attached hydrogens (tertiary/aromatic N) is 1. The van der Waals surface area contributed by atoms with Crippen LogP contribution in [0.5, 0.6) is 5.75 Å². The van der Waals surface area contributed by atoms with Crippen molar-refractivity contribution in [1.29, 1.82) is 0 Å².